The first-order valence-corrected chi connectivity index (χ1v) is 8.27. The second-order valence-electron chi connectivity index (χ2n) is 4.27. The molecule has 5 nitrogen and oxygen atoms in total. The molecule has 0 aliphatic carbocycles. The van der Waals surface area contributed by atoms with Crippen LogP contribution in [0.5, 0.6) is 0 Å². The number of nitrogens with zero attached hydrogens (tertiary/aromatic N) is 2. The van der Waals surface area contributed by atoms with E-state index in [-0.39, 0.29) is 17.3 Å². The van der Waals surface area contributed by atoms with E-state index < -0.39 is 0 Å². The fourth-order valence-electron chi connectivity index (χ4n) is 1.84. The number of hydrogen-bond donors (Lipinski definition) is 0. The molecule has 21 heavy (non-hydrogen) atoms. The molecule has 2 rings (SSSR count). The van der Waals surface area contributed by atoms with Gasteiger partial charge in [0.15, 0.2) is 5.16 Å². The summed E-state index contributed by atoms with van der Waals surface area (Å²) < 4.78 is 6.43. The van der Waals surface area contributed by atoms with E-state index in [1.165, 1.54) is 27.7 Å². The molecule has 0 saturated heterocycles. The van der Waals surface area contributed by atoms with Gasteiger partial charge in [-0.15, -0.1) is 17.9 Å². The van der Waals surface area contributed by atoms with E-state index in [4.69, 9.17) is 4.74 Å². The molecular weight excluding hydrogens is 308 g/mol. The molecule has 0 aliphatic heterocycles. The quantitative estimate of drug-likeness (QED) is 0.354. The highest BCUT2D eigenvalue weighted by atomic mass is 32.2. The fraction of sp³-hybridized carbons (Fsp3) is 0.357. The van der Waals surface area contributed by atoms with Gasteiger partial charge in [0.25, 0.3) is 5.56 Å². The molecule has 0 N–H and O–H groups in total. The van der Waals surface area contributed by atoms with Gasteiger partial charge in [0.2, 0.25) is 0 Å². The lowest BCUT2D eigenvalue weighted by molar-refractivity contribution is -0.139. The third kappa shape index (κ3) is 3.54. The number of carbonyl (C=O) groups excluding carboxylic acids is 1. The van der Waals surface area contributed by atoms with Crippen LogP contribution in [0.2, 0.25) is 0 Å². The van der Waals surface area contributed by atoms with Crippen LogP contribution in [-0.4, -0.2) is 27.9 Å². The zero-order valence-electron chi connectivity index (χ0n) is 11.9. The molecule has 0 aliphatic rings. The number of allylic oxidation sites excluding steroid dienone is 1. The number of carbonyl (C=O) groups is 1. The lowest BCUT2D eigenvalue weighted by Crippen LogP contribution is -2.22. The van der Waals surface area contributed by atoms with E-state index in [1.807, 2.05) is 13.0 Å². The summed E-state index contributed by atoms with van der Waals surface area (Å²) in [6.45, 7) is 8.07. The second kappa shape index (κ2) is 6.91. The predicted molar refractivity (Wildman–Crippen MR) is 86.2 cm³/mol. The molecule has 0 spiro atoms. The van der Waals surface area contributed by atoms with Crippen LogP contribution >= 0.6 is 23.1 Å². The first-order valence-electron chi connectivity index (χ1n) is 6.47. The molecule has 0 fully saturated rings. The van der Waals surface area contributed by atoms with E-state index in [0.717, 1.165) is 4.88 Å². The topological polar surface area (TPSA) is 61.2 Å². The van der Waals surface area contributed by atoms with Crippen LogP contribution in [-0.2, 0) is 16.1 Å². The Labute approximate surface area is 130 Å². The highest BCUT2D eigenvalue weighted by Gasteiger charge is 2.14. The number of thioether (sulfide) groups is 1. The zero-order chi connectivity index (χ0) is 15.4. The summed E-state index contributed by atoms with van der Waals surface area (Å²) in [6, 6.07) is 1.84. The maximum atomic E-state index is 12.5. The van der Waals surface area contributed by atoms with Gasteiger partial charge in [-0.3, -0.25) is 14.2 Å². The number of aromatic nitrogens is 2. The summed E-state index contributed by atoms with van der Waals surface area (Å²) >= 11 is 2.68. The number of ether oxygens (including phenoxy) is 1. The van der Waals surface area contributed by atoms with Crippen molar-refractivity contribution in [1.82, 2.24) is 9.55 Å². The molecule has 0 aromatic carbocycles. The van der Waals surface area contributed by atoms with Crippen molar-refractivity contribution in [3.63, 3.8) is 0 Å². The Morgan fingerprint density at radius 3 is 3.05 bits per heavy atom. The lowest BCUT2D eigenvalue weighted by atomic mass is 10.3. The highest BCUT2D eigenvalue weighted by molar-refractivity contribution is 7.99. The fourth-order valence-corrected chi connectivity index (χ4v) is 3.57. The first-order chi connectivity index (χ1) is 10.1. The van der Waals surface area contributed by atoms with Crippen LogP contribution in [0, 0.1) is 6.92 Å². The zero-order valence-corrected chi connectivity index (χ0v) is 13.6. The van der Waals surface area contributed by atoms with Crippen molar-refractivity contribution < 1.29 is 9.53 Å². The molecule has 7 heteroatoms. The number of aryl methyl sites for hydroxylation is 1. The Hall–Kier alpha value is -1.60. The molecule has 0 unspecified atom stereocenters. The monoisotopic (exact) mass is 324 g/mol. The Morgan fingerprint density at radius 1 is 1.62 bits per heavy atom. The van der Waals surface area contributed by atoms with E-state index in [1.54, 1.807) is 13.0 Å². The number of thiophene rings is 1. The normalized spacial score (nSPS) is 10.8. The summed E-state index contributed by atoms with van der Waals surface area (Å²) in [7, 11) is 0. The average Bonchev–Trinajstić information content (AvgIpc) is 2.81. The molecule has 2 heterocycles. The van der Waals surface area contributed by atoms with Gasteiger partial charge in [-0.05, 0) is 19.9 Å². The maximum absolute atomic E-state index is 12.5. The standard InChI is InChI=1S/C14H16N2O3S2/c1-4-6-16-13(18)10-7-9(3)21-12(10)15-14(16)20-8-11(17)19-5-2/h4,7H,1,5-6,8H2,2-3H3. The van der Waals surface area contributed by atoms with Crippen LogP contribution in [0.25, 0.3) is 10.2 Å². The van der Waals surface area contributed by atoms with Crippen LogP contribution in [0.3, 0.4) is 0 Å². The minimum absolute atomic E-state index is 0.101. The van der Waals surface area contributed by atoms with Gasteiger partial charge in [0.05, 0.1) is 17.7 Å². The van der Waals surface area contributed by atoms with Gasteiger partial charge in [0, 0.05) is 11.4 Å². The Morgan fingerprint density at radius 2 is 2.38 bits per heavy atom. The van der Waals surface area contributed by atoms with Gasteiger partial charge in [-0.2, -0.15) is 0 Å². The number of hydrogen-bond acceptors (Lipinski definition) is 6. The minimum atomic E-state index is -0.315. The number of esters is 1. The summed E-state index contributed by atoms with van der Waals surface area (Å²) in [5.74, 6) is -0.183. The van der Waals surface area contributed by atoms with Crippen molar-refractivity contribution in [1.29, 1.82) is 0 Å². The number of rotatable bonds is 6. The Kier molecular flexibility index (Phi) is 5.19. The Bertz CT molecular complexity index is 734. The van der Waals surface area contributed by atoms with Crippen LogP contribution in [0.4, 0.5) is 0 Å². The van der Waals surface area contributed by atoms with Gasteiger partial charge < -0.3 is 4.74 Å². The summed E-state index contributed by atoms with van der Waals surface area (Å²) in [4.78, 5) is 30.2. The molecule has 0 atom stereocenters. The second-order valence-corrected chi connectivity index (χ2v) is 6.45. The minimum Gasteiger partial charge on any atom is -0.465 e. The molecule has 0 radical (unpaired) electrons. The summed E-state index contributed by atoms with van der Waals surface area (Å²) in [6.07, 6.45) is 1.64. The van der Waals surface area contributed by atoms with Crippen molar-refractivity contribution in [3.05, 3.63) is 34.0 Å². The van der Waals surface area contributed by atoms with E-state index in [0.29, 0.717) is 28.5 Å². The molecule has 112 valence electrons. The van der Waals surface area contributed by atoms with Crippen molar-refractivity contribution in [2.45, 2.75) is 25.5 Å². The molecule has 0 amide bonds. The number of fused-ring (bicyclic) bond motifs is 1. The van der Waals surface area contributed by atoms with E-state index in [9.17, 15) is 9.59 Å². The van der Waals surface area contributed by atoms with Crippen molar-refractivity contribution in [2.75, 3.05) is 12.4 Å². The van der Waals surface area contributed by atoms with Crippen LogP contribution in [0.15, 0.2) is 28.7 Å². The smallest absolute Gasteiger partial charge is 0.316 e. The van der Waals surface area contributed by atoms with Gasteiger partial charge in [-0.1, -0.05) is 17.8 Å². The molecule has 0 bridgehead atoms. The first kappa shape index (κ1) is 15.8. The molecule has 2 aromatic heterocycles. The van der Waals surface area contributed by atoms with Gasteiger partial charge in [0.1, 0.15) is 4.83 Å². The average molecular weight is 324 g/mol. The molecular formula is C14H16N2O3S2. The largest absolute Gasteiger partial charge is 0.465 e. The van der Waals surface area contributed by atoms with Gasteiger partial charge >= 0.3 is 5.97 Å². The van der Waals surface area contributed by atoms with Crippen molar-refractivity contribution in [3.8, 4) is 0 Å². The summed E-state index contributed by atoms with van der Waals surface area (Å²) in [5, 5.41) is 1.13. The van der Waals surface area contributed by atoms with E-state index >= 15 is 0 Å². The summed E-state index contributed by atoms with van der Waals surface area (Å²) in [5.41, 5.74) is -0.101. The van der Waals surface area contributed by atoms with Crippen molar-refractivity contribution >= 4 is 39.3 Å². The van der Waals surface area contributed by atoms with Crippen LogP contribution < -0.4 is 5.56 Å². The predicted octanol–water partition coefficient (Wildman–Crippen LogP) is 2.61. The molecule has 0 saturated carbocycles. The van der Waals surface area contributed by atoms with Crippen molar-refractivity contribution in [2.24, 2.45) is 0 Å². The lowest BCUT2D eigenvalue weighted by Gasteiger charge is -2.09. The third-order valence-electron chi connectivity index (χ3n) is 2.68. The highest BCUT2D eigenvalue weighted by Crippen LogP contribution is 2.24. The maximum Gasteiger partial charge on any atom is 0.316 e. The molecule has 2 aromatic rings. The SMILES string of the molecule is C=CCn1c(SCC(=O)OCC)nc2sc(C)cc2c1=O. The Balaban J connectivity index is 2.40. The van der Waals surface area contributed by atoms with Gasteiger partial charge in [-0.25, -0.2) is 4.98 Å². The van der Waals surface area contributed by atoms with E-state index in [2.05, 4.69) is 11.6 Å². The van der Waals surface area contributed by atoms with Crippen LogP contribution in [0.1, 0.15) is 11.8 Å². The third-order valence-corrected chi connectivity index (χ3v) is 4.57.